The number of allylic oxidation sites excluding steroid dienone is 1. The van der Waals surface area contributed by atoms with E-state index < -0.39 is 0 Å². The molecule has 1 amide bonds. The van der Waals surface area contributed by atoms with Crippen LogP contribution in [0.5, 0.6) is 0 Å². The van der Waals surface area contributed by atoms with Gasteiger partial charge in [0.25, 0.3) is 0 Å². The lowest BCUT2D eigenvalue weighted by atomic mass is 9.95. The Balaban J connectivity index is 1.59. The lowest BCUT2D eigenvalue weighted by Gasteiger charge is -2.40. The van der Waals surface area contributed by atoms with Crippen molar-refractivity contribution in [3.63, 3.8) is 0 Å². The first-order valence-corrected chi connectivity index (χ1v) is 11.2. The lowest BCUT2D eigenvalue weighted by Crippen LogP contribution is -2.49. The zero-order chi connectivity index (χ0) is 24.2. The molecule has 1 aliphatic heterocycles. The van der Waals surface area contributed by atoms with Crippen LogP contribution in [0.4, 0.5) is 5.82 Å². The second-order valence-electron chi connectivity index (χ2n) is 8.72. The van der Waals surface area contributed by atoms with Crippen molar-refractivity contribution in [2.45, 2.75) is 26.3 Å². The standard InChI is InChI=1S/C25H28N8O/c1-16(2)31-24(34)6-17-13-32(14-17)23-5-4-18(11-29-23)22-7-19(20(8-26)10-28-3)15-33-25(22)21(9-27)12-30-33/h4-5,7-8,10-12,15-17H,6,13-14,26H2,1-3H3,(H,31,34). The molecule has 4 rings (SSSR count). The summed E-state index contributed by atoms with van der Waals surface area (Å²) in [5.41, 5.74) is 10.3. The summed E-state index contributed by atoms with van der Waals surface area (Å²) in [6.07, 6.45) is 8.91. The molecular formula is C25H28N8O. The number of carbonyl (C=O) groups is 1. The number of amides is 1. The second kappa shape index (κ2) is 9.75. The number of hydrogen-bond acceptors (Lipinski definition) is 7. The first-order valence-electron chi connectivity index (χ1n) is 11.2. The fourth-order valence-corrected chi connectivity index (χ4v) is 4.20. The Morgan fingerprint density at radius 3 is 2.79 bits per heavy atom. The van der Waals surface area contributed by atoms with Gasteiger partial charge in [-0.05, 0) is 32.0 Å². The Morgan fingerprint density at radius 1 is 1.38 bits per heavy atom. The van der Waals surface area contributed by atoms with E-state index >= 15 is 0 Å². The Kier molecular flexibility index (Phi) is 6.59. The number of nitrogens with two attached hydrogens (primary N) is 1. The van der Waals surface area contributed by atoms with Gasteiger partial charge in [0.15, 0.2) is 0 Å². The van der Waals surface area contributed by atoms with Gasteiger partial charge in [-0.25, -0.2) is 9.50 Å². The Hall–Kier alpha value is -4.19. The van der Waals surface area contributed by atoms with Gasteiger partial charge in [-0.3, -0.25) is 9.79 Å². The van der Waals surface area contributed by atoms with Gasteiger partial charge < -0.3 is 16.0 Å². The van der Waals surface area contributed by atoms with Crippen LogP contribution in [-0.2, 0) is 4.79 Å². The van der Waals surface area contributed by atoms with E-state index in [2.05, 4.69) is 31.4 Å². The van der Waals surface area contributed by atoms with E-state index in [1.807, 2.05) is 38.2 Å². The van der Waals surface area contributed by atoms with E-state index in [1.54, 1.807) is 30.2 Å². The molecule has 174 valence electrons. The summed E-state index contributed by atoms with van der Waals surface area (Å²) in [4.78, 5) is 22.9. The van der Waals surface area contributed by atoms with Crippen molar-refractivity contribution in [2.75, 3.05) is 25.0 Å². The van der Waals surface area contributed by atoms with Crippen molar-refractivity contribution in [3.8, 4) is 17.2 Å². The summed E-state index contributed by atoms with van der Waals surface area (Å²) in [5, 5.41) is 16.9. The molecule has 0 aliphatic carbocycles. The van der Waals surface area contributed by atoms with E-state index in [-0.39, 0.29) is 11.9 Å². The van der Waals surface area contributed by atoms with Gasteiger partial charge in [-0.15, -0.1) is 0 Å². The molecule has 1 aliphatic rings. The van der Waals surface area contributed by atoms with Crippen LogP contribution in [0.2, 0.25) is 0 Å². The van der Waals surface area contributed by atoms with E-state index in [0.29, 0.717) is 23.4 Å². The molecule has 1 saturated heterocycles. The van der Waals surface area contributed by atoms with Crippen LogP contribution in [0, 0.1) is 17.2 Å². The summed E-state index contributed by atoms with van der Waals surface area (Å²) >= 11 is 0. The molecule has 0 saturated carbocycles. The van der Waals surface area contributed by atoms with Gasteiger partial charge in [-0.2, -0.15) is 10.4 Å². The minimum atomic E-state index is 0.0972. The normalized spacial score (nSPS) is 14.6. The highest BCUT2D eigenvalue weighted by Gasteiger charge is 2.29. The van der Waals surface area contributed by atoms with E-state index in [1.165, 1.54) is 6.20 Å². The molecular weight excluding hydrogens is 428 g/mol. The fourth-order valence-electron chi connectivity index (χ4n) is 4.20. The second-order valence-corrected chi connectivity index (χ2v) is 8.72. The number of anilines is 1. The van der Waals surface area contributed by atoms with Gasteiger partial charge in [0.1, 0.15) is 11.9 Å². The zero-order valence-corrected chi connectivity index (χ0v) is 19.6. The predicted molar refractivity (Wildman–Crippen MR) is 133 cm³/mol. The molecule has 0 bridgehead atoms. The highest BCUT2D eigenvalue weighted by molar-refractivity contribution is 6.10. The van der Waals surface area contributed by atoms with Crippen molar-refractivity contribution in [2.24, 2.45) is 16.6 Å². The van der Waals surface area contributed by atoms with Crippen molar-refractivity contribution in [3.05, 3.63) is 54.1 Å². The van der Waals surface area contributed by atoms with E-state index in [0.717, 1.165) is 41.2 Å². The van der Waals surface area contributed by atoms with Crippen LogP contribution in [0.25, 0.3) is 22.2 Å². The van der Waals surface area contributed by atoms with Crippen LogP contribution in [0.15, 0.2) is 48.0 Å². The monoisotopic (exact) mass is 456 g/mol. The van der Waals surface area contributed by atoms with Crippen LogP contribution in [-0.4, -0.2) is 52.9 Å². The largest absolute Gasteiger partial charge is 0.404 e. The number of carbonyl (C=O) groups excluding carboxylic acids is 1. The van der Waals surface area contributed by atoms with Gasteiger partial charge in [0.05, 0.1) is 17.3 Å². The first kappa shape index (κ1) is 23.0. The van der Waals surface area contributed by atoms with Crippen molar-refractivity contribution < 1.29 is 4.79 Å². The number of pyridine rings is 2. The third kappa shape index (κ3) is 4.62. The lowest BCUT2D eigenvalue weighted by molar-refractivity contribution is -0.122. The predicted octanol–water partition coefficient (Wildman–Crippen LogP) is 2.62. The minimum absolute atomic E-state index is 0.0972. The maximum Gasteiger partial charge on any atom is 0.220 e. The average Bonchev–Trinajstić information content (AvgIpc) is 3.22. The van der Waals surface area contributed by atoms with Crippen LogP contribution in [0.1, 0.15) is 31.4 Å². The zero-order valence-electron chi connectivity index (χ0n) is 19.6. The Bertz CT molecular complexity index is 1290. The van der Waals surface area contributed by atoms with Gasteiger partial charge in [0.2, 0.25) is 5.91 Å². The molecule has 1 fully saturated rings. The number of hydrogen-bond donors (Lipinski definition) is 2. The van der Waals surface area contributed by atoms with E-state index in [9.17, 15) is 10.1 Å². The number of nitrogens with one attached hydrogen (secondary N) is 1. The highest BCUT2D eigenvalue weighted by Crippen LogP contribution is 2.32. The molecule has 9 nitrogen and oxygen atoms in total. The molecule has 34 heavy (non-hydrogen) atoms. The number of fused-ring (bicyclic) bond motifs is 1. The van der Waals surface area contributed by atoms with Crippen molar-refractivity contribution in [1.29, 1.82) is 5.26 Å². The number of rotatable bonds is 7. The van der Waals surface area contributed by atoms with Gasteiger partial charge in [0, 0.05) is 85.6 Å². The van der Waals surface area contributed by atoms with Gasteiger partial charge >= 0.3 is 0 Å². The first-order chi connectivity index (χ1) is 16.4. The molecule has 3 N–H and O–H groups in total. The summed E-state index contributed by atoms with van der Waals surface area (Å²) in [6.45, 7) is 5.54. The molecule has 0 unspecified atom stereocenters. The number of nitrogens with zero attached hydrogens (tertiary/aromatic N) is 6. The topological polar surface area (TPSA) is 125 Å². The Labute approximate surface area is 198 Å². The molecule has 0 aromatic carbocycles. The molecule has 9 heteroatoms. The van der Waals surface area contributed by atoms with Crippen molar-refractivity contribution >= 4 is 29.0 Å². The maximum atomic E-state index is 12.0. The molecule has 0 spiro atoms. The third-order valence-electron chi connectivity index (χ3n) is 5.78. The van der Waals surface area contributed by atoms with Gasteiger partial charge in [-0.1, -0.05) is 0 Å². The van der Waals surface area contributed by atoms with Crippen LogP contribution >= 0.6 is 0 Å². The molecule has 3 aromatic rings. The quantitative estimate of drug-likeness (QED) is 0.527. The Morgan fingerprint density at radius 2 is 2.18 bits per heavy atom. The molecule has 4 heterocycles. The van der Waals surface area contributed by atoms with Crippen molar-refractivity contribution in [1.82, 2.24) is 19.9 Å². The summed E-state index contributed by atoms with van der Waals surface area (Å²) in [5.74, 6) is 1.30. The molecule has 0 atom stereocenters. The maximum absolute atomic E-state index is 12.0. The van der Waals surface area contributed by atoms with Crippen LogP contribution in [0.3, 0.4) is 0 Å². The fraction of sp³-hybridized carbons (Fsp3) is 0.320. The summed E-state index contributed by atoms with van der Waals surface area (Å²) in [7, 11) is 1.68. The number of aromatic nitrogens is 3. The van der Waals surface area contributed by atoms with Crippen LogP contribution < -0.4 is 16.0 Å². The third-order valence-corrected chi connectivity index (χ3v) is 5.78. The average molecular weight is 457 g/mol. The summed E-state index contributed by atoms with van der Waals surface area (Å²) < 4.78 is 1.69. The van der Waals surface area contributed by atoms with E-state index in [4.69, 9.17) is 5.73 Å². The molecule has 3 aromatic heterocycles. The minimum Gasteiger partial charge on any atom is -0.404 e. The number of aliphatic imine (C=N–C) groups is 1. The summed E-state index contributed by atoms with van der Waals surface area (Å²) in [6, 6.07) is 8.31. The molecule has 0 radical (unpaired) electrons. The SMILES string of the molecule is CN=CC(=CN)c1cc(-c2ccc(N3CC(CC(=O)NC(C)C)C3)nc2)c2c(C#N)cnn2c1. The smallest absolute Gasteiger partial charge is 0.220 e. The highest BCUT2D eigenvalue weighted by atomic mass is 16.1. The number of nitriles is 1.